The summed E-state index contributed by atoms with van der Waals surface area (Å²) in [6, 6.07) is 10.8. The normalized spacial score (nSPS) is 10.8. The first-order valence-corrected chi connectivity index (χ1v) is 6.08. The van der Waals surface area contributed by atoms with Crippen LogP contribution in [0.5, 0.6) is 0 Å². The molecule has 0 fully saturated rings. The molecule has 0 aliphatic carbocycles. The van der Waals surface area contributed by atoms with E-state index in [2.05, 4.69) is 42.4 Å². The van der Waals surface area contributed by atoms with Crippen molar-refractivity contribution in [1.29, 1.82) is 0 Å². The van der Waals surface area contributed by atoms with Crippen LogP contribution in [0, 0.1) is 6.92 Å². The number of aryl methyl sites for hydroxylation is 2. The molecule has 0 spiro atoms. The molecule has 0 saturated heterocycles. The Kier molecular flexibility index (Phi) is 3.59. The lowest BCUT2D eigenvalue weighted by molar-refractivity contribution is 0.626. The minimum atomic E-state index is 0.612. The average Bonchev–Trinajstić information content (AvgIpc) is 2.71. The monoisotopic (exact) mass is 229 g/mol. The Hall–Kier alpha value is -1.61. The Balaban J connectivity index is 2.37. The van der Waals surface area contributed by atoms with Gasteiger partial charge >= 0.3 is 0 Å². The van der Waals surface area contributed by atoms with Gasteiger partial charge in [0.15, 0.2) is 0 Å². The predicted molar refractivity (Wildman–Crippen MR) is 70.8 cm³/mol. The van der Waals surface area contributed by atoms with Crippen LogP contribution in [0.15, 0.2) is 30.3 Å². The van der Waals surface area contributed by atoms with Gasteiger partial charge in [0.25, 0.3) is 0 Å². The molecule has 1 heterocycles. The summed E-state index contributed by atoms with van der Waals surface area (Å²) in [6.45, 7) is 5.55. The van der Waals surface area contributed by atoms with Crippen molar-refractivity contribution in [2.75, 3.05) is 6.54 Å². The van der Waals surface area contributed by atoms with Crippen molar-refractivity contribution in [3.8, 4) is 11.3 Å². The van der Waals surface area contributed by atoms with Crippen molar-refractivity contribution in [3.05, 3.63) is 41.6 Å². The Morgan fingerprint density at radius 1 is 1.24 bits per heavy atom. The number of benzene rings is 1. The van der Waals surface area contributed by atoms with Gasteiger partial charge in [-0.05, 0) is 30.5 Å². The highest BCUT2D eigenvalue weighted by atomic mass is 15.3. The fourth-order valence-corrected chi connectivity index (χ4v) is 1.98. The Morgan fingerprint density at radius 3 is 2.53 bits per heavy atom. The lowest BCUT2D eigenvalue weighted by Crippen LogP contribution is -2.12. The van der Waals surface area contributed by atoms with E-state index in [0.717, 1.165) is 24.4 Å². The highest BCUT2D eigenvalue weighted by Crippen LogP contribution is 2.21. The second-order valence-corrected chi connectivity index (χ2v) is 4.23. The van der Waals surface area contributed by atoms with Crippen LogP contribution in [0.25, 0.3) is 11.3 Å². The van der Waals surface area contributed by atoms with E-state index in [1.165, 1.54) is 11.1 Å². The molecule has 3 heteroatoms. The molecule has 0 unspecified atom stereocenters. The number of nitrogens with two attached hydrogens (primary N) is 1. The Morgan fingerprint density at radius 2 is 1.94 bits per heavy atom. The molecule has 2 rings (SSSR count). The van der Waals surface area contributed by atoms with Crippen molar-refractivity contribution in [2.45, 2.75) is 26.8 Å². The van der Waals surface area contributed by atoms with Crippen molar-refractivity contribution in [3.63, 3.8) is 0 Å². The van der Waals surface area contributed by atoms with Gasteiger partial charge in [-0.3, -0.25) is 4.68 Å². The van der Waals surface area contributed by atoms with E-state index >= 15 is 0 Å². The summed E-state index contributed by atoms with van der Waals surface area (Å²) >= 11 is 0. The zero-order valence-corrected chi connectivity index (χ0v) is 10.5. The molecule has 0 radical (unpaired) electrons. The van der Waals surface area contributed by atoms with E-state index in [0.29, 0.717) is 6.54 Å². The zero-order chi connectivity index (χ0) is 12.3. The van der Waals surface area contributed by atoms with E-state index in [1.807, 2.05) is 11.6 Å². The molecule has 0 amide bonds. The second kappa shape index (κ2) is 5.15. The number of hydrogen-bond acceptors (Lipinski definition) is 2. The SMILES string of the molecule is CCc1ccc(-c2cc(C)nn2CCN)cc1. The topological polar surface area (TPSA) is 43.8 Å². The van der Waals surface area contributed by atoms with Gasteiger partial charge in [0.05, 0.1) is 17.9 Å². The van der Waals surface area contributed by atoms with Gasteiger partial charge in [0.2, 0.25) is 0 Å². The van der Waals surface area contributed by atoms with Crippen LogP contribution in [0.3, 0.4) is 0 Å². The maximum Gasteiger partial charge on any atom is 0.0685 e. The summed E-state index contributed by atoms with van der Waals surface area (Å²) < 4.78 is 1.98. The second-order valence-electron chi connectivity index (χ2n) is 4.23. The third kappa shape index (κ3) is 2.56. The number of aromatic nitrogens is 2. The fraction of sp³-hybridized carbons (Fsp3) is 0.357. The van der Waals surface area contributed by atoms with Gasteiger partial charge in [-0.1, -0.05) is 31.2 Å². The molecule has 2 N–H and O–H groups in total. The standard InChI is InChI=1S/C14H19N3/c1-3-12-4-6-13(7-5-12)14-10-11(2)16-17(14)9-8-15/h4-7,10H,3,8-9,15H2,1-2H3. The third-order valence-electron chi connectivity index (χ3n) is 2.90. The van der Waals surface area contributed by atoms with Gasteiger partial charge in [-0.15, -0.1) is 0 Å². The maximum atomic E-state index is 5.60. The van der Waals surface area contributed by atoms with Gasteiger partial charge in [-0.2, -0.15) is 5.10 Å². The van der Waals surface area contributed by atoms with Gasteiger partial charge in [0.1, 0.15) is 0 Å². The van der Waals surface area contributed by atoms with E-state index in [4.69, 9.17) is 5.73 Å². The molecule has 90 valence electrons. The van der Waals surface area contributed by atoms with Gasteiger partial charge < -0.3 is 5.73 Å². The third-order valence-corrected chi connectivity index (χ3v) is 2.90. The Bertz CT molecular complexity index is 483. The molecular weight excluding hydrogens is 210 g/mol. The van der Waals surface area contributed by atoms with E-state index in [-0.39, 0.29) is 0 Å². The van der Waals surface area contributed by atoms with Crippen LogP contribution in [-0.4, -0.2) is 16.3 Å². The smallest absolute Gasteiger partial charge is 0.0685 e. The average molecular weight is 229 g/mol. The predicted octanol–water partition coefficient (Wildman–Crippen LogP) is 2.38. The van der Waals surface area contributed by atoms with Crippen LogP contribution in [0.2, 0.25) is 0 Å². The lowest BCUT2D eigenvalue weighted by Gasteiger charge is -2.06. The summed E-state index contributed by atoms with van der Waals surface area (Å²) in [5.74, 6) is 0. The molecule has 17 heavy (non-hydrogen) atoms. The number of nitrogens with zero attached hydrogens (tertiary/aromatic N) is 2. The fourth-order valence-electron chi connectivity index (χ4n) is 1.98. The molecule has 0 atom stereocenters. The summed E-state index contributed by atoms with van der Waals surface area (Å²) in [5.41, 5.74) is 10.3. The van der Waals surface area contributed by atoms with E-state index in [1.54, 1.807) is 0 Å². The van der Waals surface area contributed by atoms with Gasteiger partial charge in [0, 0.05) is 6.54 Å². The van der Waals surface area contributed by atoms with Crippen LogP contribution in [0.4, 0.5) is 0 Å². The molecule has 1 aromatic heterocycles. The molecule has 0 bridgehead atoms. The van der Waals surface area contributed by atoms with Crippen LogP contribution >= 0.6 is 0 Å². The summed E-state index contributed by atoms with van der Waals surface area (Å²) in [6.07, 6.45) is 1.07. The van der Waals surface area contributed by atoms with E-state index < -0.39 is 0 Å². The first-order valence-electron chi connectivity index (χ1n) is 6.08. The molecule has 2 aromatic rings. The van der Waals surface area contributed by atoms with E-state index in [9.17, 15) is 0 Å². The number of rotatable bonds is 4. The minimum absolute atomic E-state index is 0.612. The zero-order valence-electron chi connectivity index (χ0n) is 10.5. The Labute approximate surface area is 102 Å². The highest BCUT2D eigenvalue weighted by molar-refractivity contribution is 5.60. The minimum Gasteiger partial charge on any atom is -0.329 e. The molecule has 3 nitrogen and oxygen atoms in total. The van der Waals surface area contributed by atoms with Crippen LogP contribution in [0.1, 0.15) is 18.2 Å². The quantitative estimate of drug-likeness (QED) is 0.874. The van der Waals surface area contributed by atoms with Crippen molar-refractivity contribution < 1.29 is 0 Å². The molecule has 0 saturated carbocycles. The van der Waals surface area contributed by atoms with Crippen molar-refractivity contribution in [1.82, 2.24) is 9.78 Å². The summed E-state index contributed by atoms with van der Waals surface area (Å²) in [4.78, 5) is 0. The van der Waals surface area contributed by atoms with Crippen molar-refractivity contribution in [2.24, 2.45) is 5.73 Å². The lowest BCUT2D eigenvalue weighted by atomic mass is 10.1. The van der Waals surface area contributed by atoms with Crippen LogP contribution < -0.4 is 5.73 Å². The molecule has 1 aromatic carbocycles. The molecule has 0 aliphatic rings. The largest absolute Gasteiger partial charge is 0.329 e. The number of hydrogen-bond donors (Lipinski definition) is 1. The highest BCUT2D eigenvalue weighted by Gasteiger charge is 2.06. The first-order chi connectivity index (χ1) is 8.24. The van der Waals surface area contributed by atoms with Crippen LogP contribution in [-0.2, 0) is 13.0 Å². The van der Waals surface area contributed by atoms with Gasteiger partial charge in [-0.25, -0.2) is 0 Å². The van der Waals surface area contributed by atoms with Crippen molar-refractivity contribution >= 4 is 0 Å². The molecule has 0 aliphatic heterocycles. The first kappa shape index (κ1) is 11.9. The summed E-state index contributed by atoms with van der Waals surface area (Å²) in [7, 11) is 0. The molecular formula is C14H19N3. The maximum absolute atomic E-state index is 5.60. The summed E-state index contributed by atoms with van der Waals surface area (Å²) in [5, 5.41) is 4.46.